The fourth-order valence-corrected chi connectivity index (χ4v) is 4.99. The molecular formula is C23H26BrN3O3S. The van der Waals surface area contributed by atoms with E-state index in [0.717, 1.165) is 16.5 Å². The van der Waals surface area contributed by atoms with Crippen molar-refractivity contribution in [2.75, 3.05) is 0 Å². The highest BCUT2D eigenvalue weighted by Crippen LogP contribution is 2.38. The number of aliphatic carboxylic acids is 1. The van der Waals surface area contributed by atoms with Gasteiger partial charge in [-0.25, -0.2) is 0 Å². The quantitative estimate of drug-likeness (QED) is 0.387. The normalized spacial score (nSPS) is 13.0. The van der Waals surface area contributed by atoms with Crippen LogP contribution in [0.1, 0.15) is 52.5 Å². The maximum atomic E-state index is 12.8. The second kappa shape index (κ2) is 9.12. The van der Waals surface area contributed by atoms with Crippen LogP contribution in [0.25, 0.3) is 16.5 Å². The topological polar surface area (TPSA) is 85.1 Å². The van der Waals surface area contributed by atoms with Crippen molar-refractivity contribution in [1.82, 2.24) is 14.8 Å². The molecule has 0 bridgehead atoms. The molecule has 0 aliphatic rings. The number of halogens is 1. The predicted molar refractivity (Wildman–Crippen MR) is 127 cm³/mol. The Hall–Kier alpha value is -2.19. The molecule has 31 heavy (non-hydrogen) atoms. The van der Waals surface area contributed by atoms with E-state index in [1.807, 2.05) is 16.7 Å². The molecule has 8 heteroatoms. The first-order chi connectivity index (χ1) is 14.5. The lowest BCUT2D eigenvalue weighted by molar-refractivity contribution is -0.143. The van der Waals surface area contributed by atoms with Gasteiger partial charge in [0.1, 0.15) is 5.78 Å². The molecule has 0 aliphatic carbocycles. The zero-order valence-electron chi connectivity index (χ0n) is 18.2. The van der Waals surface area contributed by atoms with Crippen LogP contribution in [-0.4, -0.2) is 36.4 Å². The van der Waals surface area contributed by atoms with Crippen molar-refractivity contribution in [1.29, 1.82) is 0 Å². The summed E-state index contributed by atoms with van der Waals surface area (Å²) in [6.45, 7) is 9.47. The Morgan fingerprint density at radius 3 is 2.35 bits per heavy atom. The summed E-state index contributed by atoms with van der Waals surface area (Å²) in [6.07, 6.45) is -0.0311. The minimum Gasteiger partial charge on any atom is -0.481 e. The zero-order valence-corrected chi connectivity index (χ0v) is 20.6. The number of carboxylic acid groups (broad SMARTS) is 1. The Labute approximate surface area is 194 Å². The van der Waals surface area contributed by atoms with Crippen LogP contribution in [0, 0.1) is 5.92 Å². The molecule has 164 valence electrons. The number of hydrogen-bond acceptors (Lipinski definition) is 5. The van der Waals surface area contributed by atoms with Crippen LogP contribution < -0.4 is 0 Å². The number of rotatable bonds is 8. The molecule has 0 fully saturated rings. The van der Waals surface area contributed by atoms with E-state index < -0.39 is 16.6 Å². The summed E-state index contributed by atoms with van der Waals surface area (Å²) in [6, 6.07) is 12.4. The van der Waals surface area contributed by atoms with Crippen LogP contribution in [0.4, 0.5) is 0 Å². The van der Waals surface area contributed by atoms with E-state index in [1.54, 1.807) is 20.8 Å². The maximum Gasteiger partial charge on any atom is 0.306 e. The third kappa shape index (κ3) is 4.85. The number of fused-ring (bicyclic) bond motifs is 1. The molecule has 1 N–H and O–H groups in total. The number of ketones is 1. The first kappa shape index (κ1) is 23.5. The van der Waals surface area contributed by atoms with Crippen molar-refractivity contribution < 1.29 is 14.7 Å². The Morgan fingerprint density at radius 2 is 1.74 bits per heavy atom. The van der Waals surface area contributed by atoms with Crippen LogP contribution in [-0.2, 0) is 9.59 Å². The number of carboxylic acids is 1. The minimum absolute atomic E-state index is 0.0311. The van der Waals surface area contributed by atoms with Gasteiger partial charge in [0.15, 0.2) is 5.16 Å². The average Bonchev–Trinajstić information content (AvgIpc) is 3.05. The fourth-order valence-electron chi connectivity index (χ4n) is 3.42. The molecule has 3 aromatic rings. The van der Waals surface area contributed by atoms with Crippen LogP contribution >= 0.6 is 27.7 Å². The SMILES string of the molecule is CC(CC(=O)C(C)(C)Sc1nnc(Br)n1-c1ccc(C(C)C)c2ccccc12)C(=O)O. The Morgan fingerprint density at radius 1 is 1.10 bits per heavy atom. The second-order valence-electron chi connectivity index (χ2n) is 8.44. The third-order valence-corrected chi connectivity index (χ3v) is 7.02. The molecule has 0 saturated carbocycles. The van der Waals surface area contributed by atoms with Gasteiger partial charge in [-0.2, -0.15) is 0 Å². The summed E-state index contributed by atoms with van der Waals surface area (Å²) < 4.78 is 1.58. The van der Waals surface area contributed by atoms with E-state index in [4.69, 9.17) is 5.11 Å². The summed E-state index contributed by atoms with van der Waals surface area (Å²) in [5.41, 5.74) is 2.18. The molecule has 1 aromatic heterocycles. The van der Waals surface area contributed by atoms with Crippen molar-refractivity contribution >= 4 is 50.2 Å². The molecule has 0 aliphatic heterocycles. The molecule has 2 aromatic carbocycles. The van der Waals surface area contributed by atoms with E-state index in [1.165, 1.54) is 17.3 Å². The Balaban J connectivity index is 2.04. The van der Waals surface area contributed by atoms with Gasteiger partial charge in [-0.05, 0) is 52.7 Å². The largest absolute Gasteiger partial charge is 0.481 e. The highest BCUT2D eigenvalue weighted by molar-refractivity contribution is 9.10. The highest BCUT2D eigenvalue weighted by Gasteiger charge is 2.33. The van der Waals surface area contributed by atoms with Gasteiger partial charge < -0.3 is 5.11 Å². The maximum absolute atomic E-state index is 12.8. The van der Waals surface area contributed by atoms with Crippen molar-refractivity contribution in [3.8, 4) is 5.69 Å². The van der Waals surface area contributed by atoms with Gasteiger partial charge >= 0.3 is 5.97 Å². The molecule has 6 nitrogen and oxygen atoms in total. The van der Waals surface area contributed by atoms with Crippen molar-refractivity contribution in [2.45, 2.75) is 56.9 Å². The van der Waals surface area contributed by atoms with Gasteiger partial charge in [0, 0.05) is 11.8 Å². The summed E-state index contributed by atoms with van der Waals surface area (Å²) in [5.74, 6) is -1.47. The van der Waals surface area contributed by atoms with Gasteiger partial charge in [-0.15, -0.1) is 10.2 Å². The second-order valence-corrected chi connectivity index (χ2v) is 10.7. The predicted octanol–water partition coefficient (Wildman–Crippen LogP) is 5.86. The molecule has 1 unspecified atom stereocenters. The average molecular weight is 504 g/mol. The number of nitrogens with zero attached hydrogens (tertiary/aromatic N) is 3. The molecule has 1 heterocycles. The van der Waals surface area contributed by atoms with Gasteiger partial charge in [0.05, 0.1) is 16.4 Å². The monoisotopic (exact) mass is 503 g/mol. The molecule has 3 rings (SSSR count). The van der Waals surface area contributed by atoms with E-state index >= 15 is 0 Å². The van der Waals surface area contributed by atoms with E-state index in [2.05, 4.69) is 64.2 Å². The lowest BCUT2D eigenvalue weighted by atomic mass is 9.95. The third-order valence-electron chi connectivity index (χ3n) is 5.32. The first-order valence-corrected chi connectivity index (χ1v) is 11.7. The first-order valence-electron chi connectivity index (χ1n) is 10.1. The van der Waals surface area contributed by atoms with Crippen LogP contribution in [0.15, 0.2) is 46.3 Å². The Bertz CT molecular complexity index is 1140. The van der Waals surface area contributed by atoms with Crippen molar-refractivity contribution in [3.63, 3.8) is 0 Å². The van der Waals surface area contributed by atoms with Crippen LogP contribution in [0.2, 0.25) is 0 Å². The highest BCUT2D eigenvalue weighted by atomic mass is 79.9. The van der Waals surface area contributed by atoms with Gasteiger partial charge in [0.25, 0.3) is 0 Å². The lowest BCUT2D eigenvalue weighted by Gasteiger charge is -2.23. The lowest BCUT2D eigenvalue weighted by Crippen LogP contribution is -2.31. The van der Waals surface area contributed by atoms with Crippen LogP contribution in [0.5, 0.6) is 0 Å². The summed E-state index contributed by atoms with van der Waals surface area (Å²) in [5, 5.41) is 20.4. The molecule has 0 amide bonds. The van der Waals surface area contributed by atoms with E-state index in [-0.39, 0.29) is 12.2 Å². The summed E-state index contributed by atoms with van der Waals surface area (Å²) >= 11 is 4.79. The van der Waals surface area contributed by atoms with Crippen molar-refractivity contribution in [2.24, 2.45) is 5.92 Å². The number of benzene rings is 2. The standard InChI is InChI=1S/C23H26BrN3O3S/c1-13(2)15-10-11-18(17-9-7-6-8-16(15)17)27-21(24)25-26-22(27)31-23(4,5)19(28)12-14(3)20(29)30/h6-11,13-14H,12H2,1-5H3,(H,29,30). The van der Waals surface area contributed by atoms with Gasteiger partial charge in [0.2, 0.25) is 4.73 Å². The number of hydrogen-bond donors (Lipinski definition) is 1. The summed E-state index contributed by atoms with van der Waals surface area (Å²) in [7, 11) is 0. The molecule has 1 atom stereocenters. The van der Waals surface area contributed by atoms with Crippen LogP contribution in [0.3, 0.4) is 0 Å². The fraction of sp³-hybridized carbons (Fsp3) is 0.391. The number of carbonyl (C=O) groups is 2. The molecular weight excluding hydrogens is 478 g/mol. The van der Waals surface area contributed by atoms with E-state index in [9.17, 15) is 9.59 Å². The molecule has 0 spiro atoms. The van der Waals surface area contributed by atoms with E-state index in [0.29, 0.717) is 15.8 Å². The number of thioether (sulfide) groups is 1. The molecule has 0 saturated heterocycles. The number of aromatic nitrogens is 3. The van der Waals surface area contributed by atoms with Gasteiger partial charge in [-0.3, -0.25) is 14.2 Å². The zero-order chi connectivity index (χ0) is 22.9. The minimum atomic E-state index is -0.975. The summed E-state index contributed by atoms with van der Waals surface area (Å²) in [4.78, 5) is 24.0. The number of carbonyl (C=O) groups excluding carboxylic acids is 1. The van der Waals surface area contributed by atoms with Gasteiger partial charge in [-0.1, -0.05) is 62.9 Å². The number of Topliss-reactive ketones (excluding diaryl/α,β-unsaturated/α-hetero) is 1. The van der Waals surface area contributed by atoms with Crippen molar-refractivity contribution in [3.05, 3.63) is 46.7 Å². The smallest absolute Gasteiger partial charge is 0.306 e. The Kier molecular flexibility index (Phi) is 6.91. The molecule has 0 radical (unpaired) electrons.